The van der Waals surface area contributed by atoms with Crippen molar-refractivity contribution >= 4 is 28.2 Å². The molecule has 2 rings (SSSR count). The quantitative estimate of drug-likeness (QED) is 0.759. The minimum Gasteiger partial charge on any atom is -0.462 e. The number of amides is 1. The second-order valence-corrected chi connectivity index (χ2v) is 6.19. The van der Waals surface area contributed by atoms with Gasteiger partial charge in [0.05, 0.1) is 12.2 Å². The Hall–Kier alpha value is -1.40. The van der Waals surface area contributed by atoms with E-state index < -0.39 is 0 Å². The summed E-state index contributed by atoms with van der Waals surface area (Å²) in [5.41, 5.74) is 7.33. The van der Waals surface area contributed by atoms with Crippen LogP contribution in [0.5, 0.6) is 0 Å². The minimum atomic E-state index is -0.351. The molecule has 116 valence electrons. The lowest BCUT2D eigenvalue weighted by Gasteiger charge is -2.10. The number of anilines is 1. The lowest BCUT2D eigenvalue weighted by Crippen LogP contribution is -2.26. The van der Waals surface area contributed by atoms with Gasteiger partial charge in [0.2, 0.25) is 5.91 Å². The Labute approximate surface area is 128 Å². The number of ether oxygens (including phenoxy) is 1. The van der Waals surface area contributed by atoms with E-state index in [9.17, 15) is 9.59 Å². The van der Waals surface area contributed by atoms with Crippen LogP contribution in [-0.2, 0) is 9.53 Å². The number of hydrogen-bond donors (Lipinski definition) is 2. The highest BCUT2D eigenvalue weighted by Gasteiger charge is 2.32. The van der Waals surface area contributed by atoms with Crippen molar-refractivity contribution < 1.29 is 14.3 Å². The van der Waals surface area contributed by atoms with Crippen LogP contribution >= 0.6 is 11.3 Å². The fraction of sp³-hybridized carbons (Fsp3) is 0.600. The van der Waals surface area contributed by atoms with Crippen molar-refractivity contribution in [2.45, 2.75) is 51.5 Å². The first-order valence-electron chi connectivity index (χ1n) is 7.40. The molecule has 1 aromatic heterocycles. The van der Waals surface area contributed by atoms with Gasteiger partial charge in [-0.2, -0.15) is 0 Å². The first-order chi connectivity index (χ1) is 10.1. The Morgan fingerprint density at radius 2 is 2.19 bits per heavy atom. The van der Waals surface area contributed by atoms with Gasteiger partial charge in [-0.3, -0.25) is 4.79 Å². The molecule has 0 aliphatic heterocycles. The molecule has 1 aromatic rings. The predicted molar refractivity (Wildman–Crippen MR) is 83.8 cm³/mol. The fourth-order valence-electron chi connectivity index (χ4n) is 2.13. The lowest BCUT2D eigenvalue weighted by molar-refractivity contribution is -0.116. The molecule has 0 aromatic carbocycles. The molecule has 3 N–H and O–H groups in total. The van der Waals surface area contributed by atoms with Crippen molar-refractivity contribution in [1.82, 2.24) is 0 Å². The van der Waals surface area contributed by atoms with Crippen molar-refractivity contribution in [2.24, 2.45) is 5.73 Å². The molecule has 1 aliphatic carbocycles. The summed E-state index contributed by atoms with van der Waals surface area (Å²) in [4.78, 5) is 24.1. The fourth-order valence-corrected chi connectivity index (χ4v) is 3.18. The molecule has 0 spiro atoms. The Bertz CT molecular complexity index is 523. The highest BCUT2D eigenvalue weighted by molar-refractivity contribution is 7.15. The summed E-state index contributed by atoms with van der Waals surface area (Å²) in [5.74, 6) is -0.0703. The number of carbonyl (C=O) groups is 2. The second-order valence-electron chi connectivity index (χ2n) is 5.31. The zero-order valence-corrected chi connectivity index (χ0v) is 13.3. The van der Waals surface area contributed by atoms with E-state index in [1.54, 1.807) is 6.92 Å². The van der Waals surface area contributed by atoms with E-state index in [0.29, 0.717) is 23.1 Å². The van der Waals surface area contributed by atoms with Gasteiger partial charge in [-0.25, -0.2) is 4.79 Å². The van der Waals surface area contributed by atoms with E-state index in [0.717, 1.165) is 24.8 Å². The van der Waals surface area contributed by atoms with E-state index in [4.69, 9.17) is 10.5 Å². The van der Waals surface area contributed by atoms with Gasteiger partial charge in [-0.1, -0.05) is 6.92 Å². The predicted octanol–water partition coefficient (Wildman–Crippen LogP) is 2.87. The lowest BCUT2D eigenvalue weighted by atomic mass is 10.1. The molecule has 1 atom stereocenters. The van der Waals surface area contributed by atoms with Gasteiger partial charge in [0.1, 0.15) is 5.00 Å². The summed E-state index contributed by atoms with van der Waals surface area (Å²) in [5, 5.41) is 5.36. The minimum absolute atomic E-state index is 0.154. The molecule has 6 heteroatoms. The first-order valence-corrected chi connectivity index (χ1v) is 8.28. The van der Waals surface area contributed by atoms with Gasteiger partial charge in [-0.15, -0.1) is 11.3 Å². The van der Waals surface area contributed by atoms with E-state index in [1.807, 2.05) is 12.3 Å². The maximum absolute atomic E-state index is 12.1. The van der Waals surface area contributed by atoms with Crippen molar-refractivity contribution in [1.29, 1.82) is 0 Å². The molecule has 0 bridgehead atoms. The van der Waals surface area contributed by atoms with Crippen molar-refractivity contribution in [3.8, 4) is 0 Å². The summed E-state index contributed by atoms with van der Waals surface area (Å²) in [6, 6.07) is -0.154. The summed E-state index contributed by atoms with van der Waals surface area (Å²) in [6.07, 6.45) is 3.19. The summed E-state index contributed by atoms with van der Waals surface area (Å²) in [7, 11) is 0. The number of rotatable bonds is 7. The standard InChI is InChI=1S/C15H22N2O3S/c1-3-10(16)7-12(18)17-14-13(15(19)20-4-2)11(8-21-14)9-5-6-9/h8-10H,3-7,16H2,1-2H3,(H,17,18). The third kappa shape index (κ3) is 4.04. The van der Waals surface area contributed by atoms with Crippen LogP contribution in [-0.4, -0.2) is 24.5 Å². The zero-order valence-electron chi connectivity index (χ0n) is 12.5. The van der Waals surface area contributed by atoms with Crippen LogP contribution in [0, 0.1) is 0 Å². The third-order valence-electron chi connectivity index (χ3n) is 3.54. The van der Waals surface area contributed by atoms with Crippen molar-refractivity contribution in [2.75, 3.05) is 11.9 Å². The smallest absolute Gasteiger partial charge is 0.341 e. The van der Waals surface area contributed by atoms with Gasteiger partial charge < -0.3 is 15.8 Å². The van der Waals surface area contributed by atoms with Gasteiger partial charge in [0, 0.05) is 12.5 Å². The Balaban J connectivity index is 2.15. The largest absolute Gasteiger partial charge is 0.462 e. The molecule has 0 radical (unpaired) electrons. The average molecular weight is 310 g/mol. The monoisotopic (exact) mass is 310 g/mol. The Kier molecular flexibility index (Phi) is 5.36. The molecule has 5 nitrogen and oxygen atoms in total. The van der Waals surface area contributed by atoms with Crippen LogP contribution in [0.2, 0.25) is 0 Å². The second kappa shape index (κ2) is 7.04. The molecule has 1 saturated carbocycles. The van der Waals surface area contributed by atoms with Gasteiger partial charge in [0.15, 0.2) is 0 Å². The summed E-state index contributed by atoms with van der Waals surface area (Å²) < 4.78 is 5.12. The van der Waals surface area contributed by atoms with E-state index in [2.05, 4.69) is 5.32 Å². The first kappa shape index (κ1) is 16.0. The molecule has 1 aliphatic rings. The molecule has 1 fully saturated rings. The van der Waals surface area contributed by atoms with Crippen LogP contribution in [0.15, 0.2) is 5.38 Å². The van der Waals surface area contributed by atoms with Crippen LogP contribution in [0.25, 0.3) is 0 Å². The normalized spacial score (nSPS) is 15.6. The van der Waals surface area contributed by atoms with Crippen LogP contribution < -0.4 is 11.1 Å². The molecular formula is C15H22N2O3S. The van der Waals surface area contributed by atoms with Crippen LogP contribution in [0.1, 0.15) is 61.4 Å². The zero-order chi connectivity index (χ0) is 15.4. The Morgan fingerprint density at radius 3 is 2.76 bits per heavy atom. The van der Waals surface area contributed by atoms with Crippen molar-refractivity contribution in [3.63, 3.8) is 0 Å². The highest BCUT2D eigenvalue weighted by Crippen LogP contribution is 2.46. The summed E-state index contributed by atoms with van der Waals surface area (Å²) in [6.45, 7) is 4.05. The Morgan fingerprint density at radius 1 is 1.48 bits per heavy atom. The molecular weight excluding hydrogens is 288 g/mol. The molecule has 1 heterocycles. The SMILES string of the molecule is CCOC(=O)c1c(C2CC2)csc1NC(=O)CC(N)CC. The number of esters is 1. The van der Waals surface area contributed by atoms with E-state index in [1.165, 1.54) is 11.3 Å². The van der Waals surface area contributed by atoms with Crippen molar-refractivity contribution in [3.05, 3.63) is 16.5 Å². The maximum Gasteiger partial charge on any atom is 0.341 e. The molecule has 1 unspecified atom stereocenters. The number of nitrogens with two attached hydrogens (primary N) is 1. The van der Waals surface area contributed by atoms with Gasteiger partial charge in [-0.05, 0) is 43.0 Å². The topological polar surface area (TPSA) is 81.4 Å². The van der Waals surface area contributed by atoms with Crippen LogP contribution in [0.4, 0.5) is 5.00 Å². The number of carbonyl (C=O) groups excluding carboxylic acids is 2. The average Bonchev–Trinajstić information content (AvgIpc) is 3.20. The summed E-state index contributed by atoms with van der Waals surface area (Å²) >= 11 is 1.39. The number of hydrogen-bond acceptors (Lipinski definition) is 5. The molecule has 1 amide bonds. The van der Waals surface area contributed by atoms with Crippen LogP contribution in [0.3, 0.4) is 0 Å². The van der Waals surface area contributed by atoms with Gasteiger partial charge >= 0.3 is 5.97 Å². The number of nitrogens with one attached hydrogen (secondary N) is 1. The van der Waals surface area contributed by atoms with E-state index in [-0.39, 0.29) is 24.3 Å². The molecule has 0 saturated heterocycles. The molecule has 21 heavy (non-hydrogen) atoms. The maximum atomic E-state index is 12.1. The van der Waals surface area contributed by atoms with Gasteiger partial charge in [0.25, 0.3) is 0 Å². The highest BCUT2D eigenvalue weighted by atomic mass is 32.1. The number of thiophene rings is 1. The van der Waals surface area contributed by atoms with E-state index >= 15 is 0 Å². The third-order valence-corrected chi connectivity index (χ3v) is 4.45.